The molecule has 0 atom stereocenters. The van der Waals surface area contributed by atoms with Gasteiger partial charge < -0.3 is 14.5 Å². The molecule has 24 heavy (non-hydrogen) atoms. The molecule has 0 spiro atoms. The smallest absolute Gasteiger partial charge is 0.410 e. The Kier molecular flexibility index (Phi) is 4.92. The molecular weight excluding hydrogens is 304 g/mol. The van der Waals surface area contributed by atoms with Gasteiger partial charge in [0.1, 0.15) is 18.5 Å². The van der Waals surface area contributed by atoms with Crippen LogP contribution in [-0.4, -0.2) is 42.2 Å². The van der Waals surface area contributed by atoms with E-state index in [1.165, 1.54) is 0 Å². The number of benzene rings is 1. The number of aromatic nitrogens is 1. The van der Waals surface area contributed by atoms with Gasteiger partial charge in [0.05, 0.1) is 5.56 Å². The van der Waals surface area contributed by atoms with Crippen molar-refractivity contribution in [2.45, 2.75) is 6.61 Å². The van der Waals surface area contributed by atoms with Crippen LogP contribution in [0.15, 0.2) is 48.7 Å². The minimum Gasteiger partial charge on any atom is -0.445 e. The van der Waals surface area contributed by atoms with Gasteiger partial charge in [-0.1, -0.05) is 30.3 Å². The van der Waals surface area contributed by atoms with Crippen LogP contribution < -0.4 is 4.90 Å². The standard InChI is InChI=1S/C18H18N4O2/c19-12-16-6-7-17(20-13-16)21-8-10-22(11-9-21)18(23)24-14-15-4-2-1-3-5-15/h1-7,13H,8-11,14H2. The van der Waals surface area contributed by atoms with Crippen molar-refractivity contribution >= 4 is 11.9 Å². The van der Waals surface area contributed by atoms with E-state index >= 15 is 0 Å². The highest BCUT2D eigenvalue weighted by atomic mass is 16.6. The molecule has 1 amide bonds. The van der Waals surface area contributed by atoms with E-state index in [1.54, 1.807) is 17.2 Å². The van der Waals surface area contributed by atoms with Gasteiger partial charge in [-0.15, -0.1) is 0 Å². The molecule has 0 N–H and O–H groups in total. The lowest BCUT2D eigenvalue weighted by atomic mass is 10.2. The maximum absolute atomic E-state index is 12.1. The number of nitrogens with zero attached hydrogens (tertiary/aromatic N) is 4. The number of amides is 1. The number of piperazine rings is 1. The van der Waals surface area contributed by atoms with Gasteiger partial charge >= 0.3 is 6.09 Å². The van der Waals surface area contributed by atoms with E-state index in [9.17, 15) is 4.79 Å². The predicted octanol–water partition coefficient (Wildman–Crippen LogP) is 2.41. The maximum atomic E-state index is 12.1. The van der Waals surface area contributed by atoms with E-state index in [2.05, 4.69) is 16.0 Å². The lowest BCUT2D eigenvalue weighted by Crippen LogP contribution is -2.49. The van der Waals surface area contributed by atoms with Crippen molar-refractivity contribution in [2.75, 3.05) is 31.1 Å². The highest BCUT2D eigenvalue weighted by Gasteiger charge is 2.22. The van der Waals surface area contributed by atoms with Crippen LogP contribution >= 0.6 is 0 Å². The van der Waals surface area contributed by atoms with E-state index in [0.29, 0.717) is 31.7 Å². The third-order valence-electron chi connectivity index (χ3n) is 3.94. The molecular formula is C18H18N4O2. The Morgan fingerprint density at radius 2 is 1.88 bits per heavy atom. The van der Waals surface area contributed by atoms with Gasteiger partial charge in [0.2, 0.25) is 0 Å². The molecule has 3 rings (SSSR count). The number of hydrogen-bond acceptors (Lipinski definition) is 5. The fraction of sp³-hybridized carbons (Fsp3) is 0.278. The lowest BCUT2D eigenvalue weighted by Gasteiger charge is -2.34. The van der Waals surface area contributed by atoms with Crippen LogP contribution in [0.2, 0.25) is 0 Å². The largest absolute Gasteiger partial charge is 0.445 e. The first-order valence-corrected chi connectivity index (χ1v) is 7.83. The van der Waals surface area contributed by atoms with Gasteiger partial charge in [-0.25, -0.2) is 9.78 Å². The zero-order valence-corrected chi connectivity index (χ0v) is 13.3. The molecule has 0 aliphatic carbocycles. The second-order valence-electron chi connectivity index (χ2n) is 5.53. The summed E-state index contributed by atoms with van der Waals surface area (Å²) in [6.45, 7) is 2.86. The predicted molar refractivity (Wildman–Crippen MR) is 89.4 cm³/mol. The van der Waals surface area contributed by atoms with Crippen LogP contribution in [0.3, 0.4) is 0 Å². The number of ether oxygens (including phenoxy) is 1. The van der Waals surface area contributed by atoms with Crippen molar-refractivity contribution in [3.05, 3.63) is 59.8 Å². The molecule has 1 aliphatic rings. The second-order valence-corrected chi connectivity index (χ2v) is 5.53. The van der Waals surface area contributed by atoms with Gasteiger partial charge in [0.15, 0.2) is 0 Å². The Morgan fingerprint density at radius 1 is 1.12 bits per heavy atom. The zero-order chi connectivity index (χ0) is 16.8. The lowest BCUT2D eigenvalue weighted by molar-refractivity contribution is 0.0941. The van der Waals surface area contributed by atoms with Gasteiger partial charge in [-0.05, 0) is 17.7 Å². The number of carbonyl (C=O) groups is 1. The normalized spacial score (nSPS) is 14.1. The fourth-order valence-corrected chi connectivity index (χ4v) is 2.57. The molecule has 6 nitrogen and oxygen atoms in total. The van der Waals surface area contributed by atoms with Crippen LogP contribution in [0.4, 0.5) is 10.6 Å². The third kappa shape index (κ3) is 3.82. The van der Waals surface area contributed by atoms with Crippen LogP contribution in [0.25, 0.3) is 0 Å². The summed E-state index contributed by atoms with van der Waals surface area (Å²) < 4.78 is 5.36. The summed E-state index contributed by atoms with van der Waals surface area (Å²) in [6, 6.07) is 15.3. The topological polar surface area (TPSA) is 69.5 Å². The van der Waals surface area contributed by atoms with Crippen molar-refractivity contribution in [1.29, 1.82) is 5.26 Å². The number of carbonyl (C=O) groups excluding carboxylic acids is 1. The highest BCUT2D eigenvalue weighted by Crippen LogP contribution is 2.14. The summed E-state index contributed by atoms with van der Waals surface area (Å²) in [6.07, 6.45) is 1.28. The summed E-state index contributed by atoms with van der Waals surface area (Å²) in [5, 5.41) is 8.81. The Bertz CT molecular complexity index is 717. The van der Waals surface area contributed by atoms with Crippen LogP contribution in [0.1, 0.15) is 11.1 Å². The molecule has 6 heteroatoms. The molecule has 0 saturated carbocycles. The molecule has 0 bridgehead atoms. The minimum atomic E-state index is -0.286. The van der Waals surface area contributed by atoms with E-state index in [4.69, 9.17) is 10.00 Å². The molecule has 122 valence electrons. The van der Waals surface area contributed by atoms with Gasteiger partial charge in [0, 0.05) is 32.4 Å². The fourth-order valence-electron chi connectivity index (χ4n) is 2.57. The van der Waals surface area contributed by atoms with Crippen molar-refractivity contribution < 1.29 is 9.53 Å². The molecule has 2 aromatic rings. The van der Waals surface area contributed by atoms with E-state index in [-0.39, 0.29) is 12.7 Å². The summed E-state index contributed by atoms with van der Waals surface area (Å²) in [4.78, 5) is 20.2. The van der Waals surface area contributed by atoms with E-state index < -0.39 is 0 Å². The van der Waals surface area contributed by atoms with Crippen molar-refractivity contribution in [1.82, 2.24) is 9.88 Å². The Labute approximate surface area is 140 Å². The third-order valence-corrected chi connectivity index (χ3v) is 3.94. The van der Waals surface area contributed by atoms with E-state index in [0.717, 1.165) is 11.4 Å². The Morgan fingerprint density at radius 3 is 2.50 bits per heavy atom. The molecule has 0 unspecified atom stereocenters. The first-order chi connectivity index (χ1) is 11.8. The number of pyridine rings is 1. The van der Waals surface area contributed by atoms with Crippen molar-refractivity contribution in [2.24, 2.45) is 0 Å². The van der Waals surface area contributed by atoms with Crippen LogP contribution in [0, 0.1) is 11.3 Å². The molecule has 0 radical (unpaired) electrons. The average molecular weight is 322 g/mol. The van der Waals surface area contributed by atoms with Gasteiger partial charge in [-0.3, -0.25) is 0 Å². The van der Waals surface area contributed by atoms with Crippen molar-refractivity contribution in [3.63, 3.8) is 0 Å². The summed E-state index contributed by atoms with van der Waals surface area (Å²) in [5.41, 5.74) is 1.52. The summed E-state index contributed by atoms with van der Waals surface area (Å²) in [5.74, 6) is 0.825. The molecule has 2 heterocycles. The highest BCUT2D eigenvalue weighted by molar-refractivity contribution is 5.68. The van der Waals surface area contributed by atoms with Crippen molar-refractivity contribution in [3.8, 4) is 6.07 Å². The quantitative estimate of drug-likeness (QED) is 0.868. The van der Waals surface area contributed by atoms with E-state index in [1.807, 2.05) is 36.4 Å². The summed E-state index contributed by atoms with van der Waals surface area (Å²) >= 11 is 0. The average Bonchev–Trinajstić information content (AvgIpc) is 2.67. The SMILES string of the molecule is N#Cc1ccc(N2CCN(C(=O)OCc3ccccc3)CC2)nc1. The van der Waals surface area contributed by atoms with Gasteiger partial charge in [0.25, 0.3) is 0 Å². The van der Waals surface area contributed by atoms with Crippen LogP contribution in [-0.2, 0) is 11.3 Å². The first-order valence-electron chi connectivity index (χ1n) is 7.83. The summed E-state index contributed by atoms with van der Waals surface area (Å²) in [7, 11) is 0. The molecule has 1 aromatic carbocycles. The zero-order valence-electron chi connectivity index (χ0n) is 13.3. The minimum absolute atomic E-state index is 0.286. The van der Waals surface area contributed by atoms with Gasteiger partial charge in [-0.2, -0.15) is 5.26 Å². The number of hydrogen-bond donors (Lipinski definition) is 0. The first kappa shape index (κ1) is 15.8. The second kappa shape index (κ2) is 7.47. The number of nitriles is 1. The Hall–Kier alpha value is -3.07. The molecule has 1 fully saturated rings. The number of rotatable bonds is 3. The number of anilines is 1. The molecule has 1 aliphatic heterocycles. The maximum Gasteiger partial charge on any atom is 0.410 e. The monoisotopic (exact) mass is 322 g/mol. The molecule has 1 saturated heterocycles. The van der Waals surface area contributed by atoms with Crippen LogP contribution in [0.5, 0.6) is 0 Å². The molecule has 1 aromatic heterocycles. The Balaban J connectivity index is 1.49.